The fraction of sp³-hybridized carbons (Fsp3) is 0.357. The molecule has 0 amide bonds. The number of alkyl halides is 3. The molecule has 0 aliphatic heterocycles. The minimum atomic E-state index is -4.33. The van der Waals surface area contributed by atoms with Crippen LogP contribution in [-0.2, 0) is 12.7 Å². The quantitative estimate of drug-likeness (QED) is 0.895. The SMILES string of the molecule is Cc1ccc(C(F)(F)F)cc1NCc1c(C)n[nH]c1C. The normalized spacial score (nSPS) is 11.7. The molecule has 1 aromatic heterocycles. The van der Waals surface area contributed by atoms with Gasteiger partial charge in [-0.1, -0.05) is 6.07 Å². The third kappa shape index (κ3) is 2.95. The molecule has 0 unspecified atom stereocenters. The van der Waals surface area contributed by atoms with E-state index in [0.29, 0.717) is 12.2 Å². The number of benzene rings is 1. The number of nitrogens with zero attached hydrogens (tertiary/aromatic N) is 1. The van der Waals surface area contributed by atoms with E-state index < -0.39 is 11.7 Å². The second-order valence-electron chi connectivity index (χ2n) is 4.79. The Kier molecular flexibility index (Phi) is 3.74. The van der Waals surface area contributed by atoms with Crippen molar-refractivity contribution in [3.63, 3.8) is 0 Å². The molecule has 0 bridgehead atoms. The first kappa shape index (κ1) is 14.4. The number of aryl methyl sites for hydroxylation is 3. The number of aromatic nitrogens is 2. The van der Waals surface area contributed by atoms with Gasteiger partial charge in [-0.05, 0) is 38.5 Å². The number of rotatable bonds is 3. The van der Waals surface area contributed by atoms with Crippen molar-refractivity contribution in [3.05, 3.63) is 46.3 Å². The lowest BCUT2D eigenvalue weighted by atomic mass is 10.1. The third-order valence-corrected chi connectivity index (χ3v) is 3.30. The van der Waals surface area contributed by atoms with Gasteiger partial charge in [0, 0.05) is 23.5 Å². The average molecular weight is 283 g/mol. The minimum Gasteiger partial charge on any atom is -0.381 e. The van der Waals surface area contributed by atoms with E-state index in [9.17, 15) is 13.2 Å². The molecule has 6 heteroatoms. The Balaban J connectivity index is 2.21. The van der Waals surface area contributed by atoms with Gasteiger partial charge in [-0.15, -0.1) is 0 Å². The van der Waals surface area contributed by atoms with Gasteiger partial charge in [-0.25, -0.2) is 0 Å². The second kappa shape index (κ2) is 5.19. The van der Waals surface area contributed by atoms with E-state index in [0.717, 1.165) is 34.6 Å². The summed E-state index contributed by atoms with van der Waals surface area (Å²) in [6, 6.07) is 3.70. The summed E-state index contributed by atoms with van der Waals surface area (Å²) in [5, 5.41) is 9.97. The lowest BCUT2D eigenvalue weighted by Gasteiger charge is -2.13. The number of H-pyrrole nitrogens is 1. The Labute approximate surface area is 115 Å². The maximum atomic E-state index is 12.7. The van der Waals surface area contributed by atoms with E-state index in [4.69, 9.17) is 0 Å². The van der Waals surface area contributed by atoms with E-state index in [-0.39, 0.29) is 0 Å². The van der Waals surface area contributed by atoms with Gasteiger partial charge >= 0.3 is 6.18 Å². The summed E-state index contributed by atoms with van der Waals surface area (Å²) in [5.74, 6) is 0. The maximum absolute atomic E-state index is 12.7. The van der Waals surface area contributed by atoms with Crippen LogP contribution in [0.2, 0.25) is 0 Å². The highest BCUT2D eigenvalue weighted by molar-refractivity contribution is 5.53. The molecule has 0 fully saturated rings. The number of hydrogen-bond donors (Lipinski definition) is 2. The zero-order valence-corrected chi connectivity index (χ0v) is 11.5. The molecular weight excluding hydrogens is 267 g/mol. The highest BCUT2D eigenvalue weighted by atomic mass is 19.4. The summed E-state index contributed by atoms with van der Waals surface area (Å²) in [6.45, 7) is 5.96. The smallest absolute Gasteiger partial charge is 0.381 e. The number of halogens is 3. The molecule has 1 heterocycles. The molecule has 0 spiro atoms. The second-order valence-corrected chi connectivity index (χ2v) is 4.79. The Morgan fingerprint density at radius 2 is 1.90 bits per heavy atom. The highest BCUT2D eigenvalue weighted by Crippen LogP contribution is 2.32. The Morgan fingerprint density at radius 3 is 2.45 bits per heavy atom. The minimum absolute atomic E-state index is 0.441. The third-order valence-electron chi connectivity index (χ3n) is 3.30. The predicted octanol–water partition coefficient (Wildman–Crippen LogP) is 3.97. The number of anilines is 1. The molecule has 0 radical (unpaired) electrons. The highest BCUT2D eigenvalue weighted by Gasteiger charge is 2.30. The van der Waals surface area contributed by atoms with E-state index in [1.165, 1.54) is 6.07 Å². The molecule has 2 N–H and O–H groups in total. The van der Waals surface area contributed by atoms with Crippen LogP contribution in [0.25, 0.3) is 0 Å². The fourth-order valence-electron chi connectivity index (χ4n) is 2.01. The van der Waals surface area contributed by atoms with Crippen LogP contribution >= 0.6 is 0 Å². The molecule has 2 aromatic rings. The zero-order valence-electron chi connectivity index (χ0n) is 11.5. The Hall–Kier alpha value is -1.98. The largest absolute Gasteiger partial charge is 0.416 e. The Morgan fingerprint density at radius 1 is 1.20 bits per heavy atom. The van der Waals surface area contributed by atoms with Gasteiger partial charge in [0.05, 0.1) is 11.3 Å². The van der Waals surface area contributed by atoms with Crippen molar-refractivity contribution in [1.29, 1.82) is 0 Å². The Bertz CT molecular complexity index is 595. The van der Waals surface area contributed by atoms with Gasteiger partial charge in [-0.3, -0.25) is 5.10 Å². The lowest BCUT2D eigenvalue weighted by Crippen LogP contribution is -2.08. The van der Waals surface area contributed by atoms with Crippen LogP contribution in [0, 0.1) is 20.8 Å². The van der Waals surface area contributed by atoms with E-state index in [2.05, 4.69) is 15.5 Å². The number of aromatic amines is 1. The molecule has 108 valence electrons. The van der Waals surface area contributed by atoms with Crippen LogP contribution in [0.1, 0.15) is 28.1 Å². The van der Waals surface area contributed by atoms with Crippen LogP contribution in [0.5, 0.6) is 0 Å². The monoisotopic (exact) mass is 283 g/mol. The van der Waals surface area contributed by atoms with Crippen molar-refractivity contribution in [1.82, 2.24) is 10.2 Å². The predicted molar refractivity (Wildman–Crippen MR) is 71.6 cm³/mol. The van der Waals surface area contributed by atoms with Crippen molar-refractivity contribution >= 4 is 5.69 Å². The van der Waals surface area contributed by atoms with Crippen LogP contribution in [0.3, 0.4) is 0 Å². The average Bonchev–Trinajstić information content (AvgIpc) is 2.67. The van der Waals surface area contributed by atoms with Crippen LogP contribution in [-0.4, -0.2) is 10.2 Å². The van der Waals surface area contributed by atoms with E-state index in [1.807, 2.05) is 13.8 Å². The first-order valence-electron chi connectivity index (χ1n) is 6.21. The first-order chi connectivity index (χ1) is 9.29. The van der Waals surface area contributed by atoms with Crippen molar-refractivity contribution in [2.24, 2.45) is 0 Å². The molecule has 20 heavy (non-hydrogen) atoms. The van der Waals surface area contributed by atoms with Crippen LogP contribution in [0.4, 0.5) is 18.9 Å². The number of nitrogens with one attached hydrogen (secondary N) is 2. The van der Waals surface area contributed by atoms with E-state index >= 15 is 0 Å². The molecule has 0 aliphatic rings. The molecule has 2 rings (SSSR count). The zero-order chi connectivity index (χ0) is 14.9. The summed E-state index contributed by atoms with van der Waals surface area (Å²) in [7, 11) is 0. The van der Waals surface area contributed by atoms with Gasteiger partial charge in [0.2, 0.25) is 0 Å². The van der Waals surface area contributed by atoms with Gasteiger partial charge in [0.15, 0.2) is 0 Å². The summed E-state index contributed by atoms with van der Waals surface area (Å²) in [5.41, 5.74) is 3.35. The van der Waals surface area contributed by atoms with Gasteiger partial charge in [0.25, 0.3) is 0 Å². The first-order valence-corrected chi connectivity index (χ1v) is 6.21. The van der Waals surface area contributed by atoms with E-state index in [1.54, 1.807) is 6.92 Å². The van der Waals surface area contributed by atoms with Gasteiger partial charge in [-0.2, -0.15) is 18.3 Å². The van der Waals surface area contributed by atoms with Crippen LogP contribution < -0.4 is 5.32 Å². The standard InChI is InChI=1S/C14H16F3N3/c1-8-4-5-11(14(15,16)17)6-13(8)18-7-12-9(2)19-20-10(12)3/h4-6,18H,7H2,1-3H3,(H,19,20). The molecule has 0 atom stereocenters. The van der Waals surface area contributed by atoms with Gasteiger partial charge < -0.3 is 5.32 Å². The lowest BCUT2D eigenvalue weighted by molar-refractivity contribution is -0.137. The molecule has 0 saturated carbocycles. The van der Waals surface area contributed by atoms with Crippen molar-refractivity contribution in [3.8, 4) is 0 Å². The van der Waals surface area contributed by atoms with Gasteiger partial charge in [0.1, 0.15) is 0 Å². The topological polar surface area (TPSA) is 40.7 Å². The van der Waals surface area contributed by atoms with Crippen molar-refractivity contribution < 1.29 is 13.2 Å². The summed E-state index contributed by atoms with van der Waals surface area (Å²) >= 11 is 0. The summed E-state index contributed by atoms with van der Waals surface area (Å²) in [6.07, 6.45) is -4.33. The maximum Gasteiger partial charge on any atom is 0.416 e. The molecular formula is C14H16F3N3. The molecule has 1 aromatic carbocycles. The van der Waals surface area contributed by atoms with Crippen molar-refractivity contribution in [2.75, 3.05) is 5.32 Å². The molecule has 3 nitrogen and oxygen atoms in total. The van der Waals surface area contributed by atoms with Crippen LogP contribution in [0.15, 0.2) is 18.2 Å². The summed E-state index contributed by atoms with van der Waals surface area (Å²) in [4.78, 5) is 0. The van der Waals surface area contributed by atoms with Crippen molar-refractivity contribution in [2.45, 2.75) is 33.5 Å². The molecule has 0 saturated heterocycles. The number of hydrogen-bond acceptors (Lipinski definition) is 2. The fourth-order valence-corrected chi connectivity index (χ4v) is 2.01. The molecule has 0 aliphatic carbocycles. The summed E-state index contributed by atoms with van der Waals surface area (Å²) < 4.78 is 38.1.